The van der Waals surface area contributed by atoms with Crippen LogP contribution in [-0.4, -0.2) is 10.1 Å². The lowest BCUT2D eigenvalue weighted by Gasteiger charge is -2.17. The van der Waals surface area contributed by atoms with Gasteiger partial charge in [-0.3, -0.25) is 4.98 Å². The van der Waals surface area contributed by atoms with Gasteiger partial charge >= 0.3 is 0 Å². The quantitative estimate of drug-likeness (QED) is 0.797. The Morgan fingerprint density at radius 2 is 2.12 bits per heavy atom. The highest BCUT2D eigenvalue weighted by molar-refractivity contribution is 5.21. The van der Waals surface area contributed by atoms with E-state index in [0.29, 0.717) is 5.92 Å². The van der Waals surface area contributed by atoms with Gasteiger partial charge in [-0.15, -0.1) is 0 Å². The fourth-order valence-corrected chi connectivity index (χ4v) is 2.15. The van der Waals surface area contributed by atoms with Crippen LogP contribution in [0.5, 0.6) is 0 Å². The minimum atomic E-state index is -0.405. The molecule has 1 heterocycles. The van der Waals surface area contributed by atoms with Crippen LogP contribution in [0.3, 0.4) is 0 Å². The predicted molar refractivity (Wildman–Crippen MR) is 67.3 cm³/mol. The molecule has 0 aliphatic rings. The number of aliphatic hydroxyl groups excluding tert-OH is 1. The Kier molecular flexibility index (Phi) is 5.47. The maximum absolute atomic E-state index is 10.2. The minimum absolute atomic E-state index is 0.405. The third kappa shape index (κ3) is 3.60. The molecule has 2 atom stereocenters. The summed E-state index contributed by atoms with van der Waals surface area (Å²) in [6.07, 6.45) is 5.46. The van der Waals surface area contributed by atoms with E-state index < -0.39 is 6.10 Å². The fraction of sp³-hybridized carbons (Fsp3) is 0.643. The van der Waals surface area contributed by atoms with Crippen molar-refractivity contribution in [2.45, 2.75) is 52.6 Å². The summed E-state index contributed by atoms with van der Waals surface area (Å²) in [5.41, 5.74) is 2.03. The summed E-state index contributed by atoms with van der Waals surface area (Å²) < 4.78 is 0. The van der Waals surface area contributed by atoms with Crippen LogP contribution in [0.1, 0.15) is 57.4 Å². The zero-order valence-electron chi connectivity index (χ0n) is 10.6. The van der Waals surface area contributed by atoms with Gasteiger partial charge in [0.2, 0.25) is 0 Å². The van der Waals surface area contributed by atoms with Crippen molar-refractivity contribution in [1.29, 1.82) is 0 Å². The van der Waals surface area contributed by atoms with E-state index in [1.54, 1.807) is 6.20 Å². The molecular weight excluding hydrogens is 198 g/mol. The van der Waals surface area contributed by atoms with Gasteiger partial charge in [0, 0.05) is 6.20 Å². The second kappa shape index (κ2) is 6.64. The van der Waals surface area contributed by atoms with Crippen LogP contribution in [0.2, 0.25) is 0 Å². The van der Waals surface area contributed by atoms with Crippen molar-refractivity contribution in [3.05, 3.63) is 29.6 Å². The number of aromatic nitrogens is 1. The van der Waals surface area contributed by atoms with Gasteiger partial charge in [0.05, 0.1) is 11.8 Å². The van der Waals surface area contributed by atoms with Crippen molar-refractivity contribution in [3.8, 4) is 0 Å². The molecule has 0 saturated heterocycles. The molecule has 0 aromatic carbocycles. The number of aliphatic hydroxyl groups is 1. The van der Waals surface area contributed by atoms with Crippen LogP contribution in [0.25, 0.3) is 0 Å². The lowest BCUT2D eigenvalue weighted by molar-refractivity contribution is 0.140. The molecule has 0 radical (unpaired) electrons. The SMILES string of the molecule is CCCC(C)CC(O)c1ncccc1CC. The molecule has 16 heavy (non-hydrogen) atoms. The number of pyridine rings is 1. The second-order valence-electron chi connectivity index (χ2n) is 4.55. The van der Waals surface area contributed by atoms with Crippen molar-refractivity contribution >= 4 is 0 Å². The summed E-state index contributed by atoms with van der Waals surface area (Å²) in [6.45, 7) is 6.48. The fourth-order valence-electron chi connectivity index (χ4n) is 2.15. The average Bonchev–Trinajstić information content (AvgIpc) is 2.29. The molecule has 2 unspecified atom stereocenters. The van der Waals surface area contributed by atoms with Crippen molar-refractivity contribution in [1.82, 2.24) is 4.98 Å². The van der Waals surface area contributed by atoms with E-state index in [4.69, 9.17) is 0 Å². The lowest BCUT2D eigenvalue weighted by Crippen LogP contribution is -2.08. The van der Waals surface area contributed by atoms with Crippen molar-refractivity contribution in [3.63, 3.8) is 0 Å². The Morgan fingerprint density at radius 1 is 1.38 bits per heavy atom. The largest absolute Gasteiger partial charge is 0.387 e. The monoisotopic (exact) mass is 221 g/mol. The maximum Gasteiger partial charge on any atom is 0.0965 e. The summed E-state index contributed by atoms with van der Waals surface area (Å²) in [6, 6.07) is 3.99. The van der Waals surface area contributed by atoms with Crippen molar-refractivity contribution in [2.24, 2.45) is 5.92 Å². The molecule has 0 aliphatic heterocycles. The molecule has 0 saturated carbocycles. The van der Waals surface area contributed by atoms with Gasteiger partial charge in [-0.05, 0) is 30.4 Å². The molecule has 1 rings (SSSR count). The second-order valence-corrected chi connectivity index (χ2v) is 4.55. The highest BCUT2D eigenvalue weighted by Crippen LogP contribution is 2.24. The van der Waals surface area contributed by atoms with Crippen LogP contribution in [0.4, 0.5) is 0 Å². The van der Waals surface area contributed by atoms with Gasteiger partial charge in [0.1, 0.15) is 0 Å². The Labute approximate surface area is 98.7 Å². The van der Waals surface area contributed by atoms with Gasteiger partial charge in [-0.2, -0.15) is 0 Å². The van der Waals surface area contributed by atoms with E-state index in [0.717, 1.165) is 18.5 Å². The summed E-state index contributed by atoms with van der Waals surface area (Å²) in [7, 11) is 0. The summed E-state index contributed by atoms with van der Waals surface area (Å²) >= 11 is 0. The Morgan fingerprint density at radius 3 is 2.75 bits per heavy atom. The molecular formula is C14H23NO. The minimum Gasteiger partial charge on any atom is -0.387 e. The Balaban J connectivity index is 2.68. The standard InChI is InChI=1S/C14H23NO/c1-4-7-11(3)10-13(16)14-12(5-2)8-6-9-15-14/h6,8-9,11,13,16H,4-5,7,10H2,1-3H3. The number of aryl methyl sites for hydroxylation is 1. The molecule has 1 N–H and O–H groups in total. The predicted octanol–water partition coefficient (Wildman–Crippen LogP) is 3.50. The van der Waals surface area contributed by atoms with Crippen LogP contribution in [0, 0.1) is 5.92 Å². The third-order valence-electron chi connectivity index (χ3n) is 3.03. The van der Waals surface area contributed by atoms with E-state index in [1.807, 2.05) is 6.07 Å². The highest BCUT2D eigenvalue weighted by Gasteiger charge is 2.15. The number of nitrogens with zero attached hydrogens (tertiary/aromatic N) is 1. The highest BCUT2D eigenvalue weighted by atomic mass is 16.3. The zero-order chi connectivity index (χ0) is 12.0. The molecule has 1 aromatic rings. The third-order valence-corrected chi connectivity index (χ3v) is 3.03. The van der Waals surface area contributed by atoms with E-state index in [-0.39, 0.29) is 0 Å². The summed E-state index contributed by atoms with van der Waals surface area (Å²) in [4.78, 5) is 4.31. The normalized spacial score (nSPS) is 14.8. The first-order chi connectivity index (χ1) is 7.69. The molecule has 2 heteroatoms. The molecule has 0 spiro atoms. The summed E-state index contributed by atoms with van der Waals surface area (Å²) in [5, 5.41) is 10.2. The number of rotatable bonds is 6. The van der Waals surface area contributed by atoms with Crippen LogP contribution < -0.4 is 0 Å². The van der Waals surface area contributed by atoms with Crippen molar-refractivity contribution < 1.29 is 5.11 Å². The first-order valence-electron chi connectivity index (χ1n) is 6.30. The Hall–Kier alpha value is -0.890. The molecule has 0 fully saturated rings. The molecule has 2 nitrogen and oxygen atoms in total. The topological polar surface area (TPSA) is 33.1 Å². The van der Waals surface area contributed by atoms with Gasteiger partial charge in [-0.1, -0.05) is 39.7 Å². The van der Waals surface area contributed by atoms with Gasteiger partial charge in [-0.25, -0.2) is 0 Å². The Bertz CT molecular complexity index is 311. The van der Waals surface area contributed by atoms with Crippen LogP contribution >= 0.6 is 0 Å². The number of hydrogen-bond donors (Lipinski definition) is 1. The van der Waals surface area contributed by atoms with Crippen LogP contribution in [0.15, 0.2) is 18.3 Å². The molecule has 0 bridgehead atoms. The van der Waals surface area contributed by atoms with Gasteiger partial charge in [0.25, 0.3) is 0 Å². The average molecular weight is 221 g/mol. The number of hydrogen-bond acceptors (Lipinski definition) is 2. The molecule has 0 amide bonds. The van der Waals surface area contributed by atoms with Crippen molar-refractivity contribution in [2.75, 3.05) is 0 Å². The first kappa shape index (κ1) is 13.2. The van der Waals surface area contributed by atoms with E-state index in [2.05, 4.69) is 31.8 Å². The zero-order valence-corrected chi connectivity index (χ0v) is 10.6. The van der Waals surface area contributed by atoms with Gasteiger partial charge < -0.3 is 5.11 Å². The molecule has 0 aliphatic carbocycles. The molecule has 90 valence electrons. The van der Waals surface area contributed by atoms with E-state index >= 15 is 0 Å². The first-order valence-corrected chi connectivity index (χ1v) is 6.30. The van der Waals surface area contributed by atoms with Gasteiger partial charge in [0.15, 0.2) is 0 Å². The maximum atomic E-state index is 10.2. The lowest BCUT2D eigenvalue weighted by atomic mass is 9.95. The van der Waals surface area contributed by atoms with Crippen LogP contribution in [-0.2, 0) is 6.42 Å². The summed E-state index contributed by atoms with van der Waals surface area (Å²) in [5.74, 6) is 0.562. The smallest absolute Gasteiger partial charge is 0.0965 e. The van der Waals surface area contributed by atoms with E-state index in [9.17, 15) is 5.11 Å². The molecule has 1 aromatic heterocycles. The van der Waals surface area contributed by atoms with E-state index in [1.165, 1.54) is 18.4 Å².